The number of hydrogen-bond donors (Lipinski definition) is 1. The lowest BCUT2D eigenvalue weighted by Crippen LogP contribution is -2.14. The van der Waals surface area contributed by atoms with E-state index in [2.05, 4.69) is 20.3 Å². The second-order valence-electron chi connectivity index (χ2n) is 5.07. The number of hydrogen-bond acceptors (Lipinski definition) is 6. The Kier molecular flexibility index (Phi) is 5.76. The second kappa shape index (κ2) is 8.41. The van der Waals surface area contributed by atoms with Gasteiger partial charge in [-0.15, -0.1) is 0 Å². The zero-order valence-corrected chi connectivity index (χ0v) is 14.0. The molecule has 1 N–H and O–H groups in total. The van der Waals surface area contributed by atoms with E-state index in [1.165, 1.54) is 11.1 Å². The lowest BCUT2D eigenvalue weighted by atomic mass is 10.2. The van der Waals surface area contributed by atoms with Crippen molar-refractivity contribution < 1.29 is 14.4 Å². The van der Waals surface area contributed by atoms with Crippen LogP contribution in [0.25, 0.3) is 11.2 Å². The summed E-state index contributed by atoms with van der Waals surface area (Å²) >= 11 is 6.01. The van der Waals surface area contributed by atoms with Gasteiger partial charge < -0.3 is 9.57 Å². The summed E-state index contributed by atoms with van der Waals surface area (Å²) in [6.07, 6.45) is 2.63. The van der Waals surface area contributed by atoms with Gasteiger partial charge in [-0.25, -0.2) is 4.98 Å². The molecule has 1 amide bonds. The highest BCUT2D eigenvalue weighted by molar-refractivity contribution is 6.33. The van der Waals surface area contributed by atoms with Crippen LogP contribution >= 0.6 is 11.6 Å². The predicted octanol–water partition coefficient (Wildman–Crippen LogP) is 2.08. The number of amides is 1. The van der Waals surface area contributed by atoms with E-state index in [1.54, 1.807) is 0 Å². The van der Waals surface area contributed by atoms with Crippen molar-refractivity contribution in [2.24, 2.45) is 0 Å². The Labute approximate surface area is 148 Å². The summed E-state index contributed by atoms with van der Waals surface area (Å²) in [6.45, 7) is 1.55. The number of carbonyl (C=O) groups excluding carboxylic acids is 1. The maximum atomic E-state index is 10.5. The van der Waals surface area contributed by atoms with Crippen LogP contribution in [0.3, 0.4) is 0 Å². The Hall–Kier alpha value is -2.71. The predicted molar refractivity (Wildman–Crippen MR) is 92.2 cm³/mol. The molecule has 0 aliphatic carbocycles. The normalized spacial score (nSPS) is 10.8. The summed E-state index contributed by atoms with van der Waals surface area (Å²) in [5, 5.41) is 2.49. The number of halogens is 1. The molecule has 0 unspecified atom stereocenters. The molecule has 0 spiro atoms. The molecule has 9 heteroatoms. The number of ether oxygens (including phenoxy) is 1. The van der Waals surface area contributed by atoms with Gasteiger partial charge in [0, 0.05) is 6.42 Å². The minimum Gasteiger partial charge on any atom is -0.411 e. The van der Waals surface area contributed by atoms with Crippen molar-refractivity contribution in [3.8, 4) is 0 Å². The van der Waals surface area contributed by atoms with Crippen LogP contribution in [-0.4, -0.2) is 39.3 Å². The van der Waals surface area contributed by atoms with Crippen LogP contribution in [-0.2, 0) is 16.1 Å². The van der Waals surface area contributed by atoms with Gasteiger partial charge in [-0.1, -0.05) is 41.9 Å². The fraction of sp³-hybridized carbons (Fsp3) is 0.250. The molecule has 0 atom stereocenters. The maximum Gasteiger partial charge on any atom is 0.232 e. The molecule has 2 heterocycles. The van der Waals surface area contributed by atoms with E-state index in [4.69, 9.17) is 21.2 Å². The maximum absolute atomic E-state index is 10.5. The zero-order valence-electron chi connectivity index (χ0n) is 13.3. The van der Waals surface area contributed by atoms with E-state index in [0.717, 1.165) is 5.56 Å². The Morgan fingerprint density at radius 2 is 2.04 bits per heavy atom. The monoisotopic (exact) mass is 361 g/mol. The fourth-order valence-electron chi connectivity index (χ4n) is 2.15. The van der Waals surface area contributed by atoms with Gasteiger partial charge in [-0.05, 0) is 5.56 Å². The number of anilines is 1. The smallest absolute Gasteiger partial charge is 0.232 e. The van der Waals surface area contributed by atoms with Gasteiger partial charge in [0.1, 0.15) is 18.5 Å². The first-order chi connectivity index (χ1) is 12.3. The van der Waals surface area contributed by atoms with Crippen molar-refractivity contribution in [3.05, 3.63) is 47.4 Å². The van der Waals surface area contributed by atoms with Crippen molar-refractivity contribution in [3.63, 3.8) is 0 Å². The molecule has 1 aromatic carbocycles. The average molecular weight is 362 g/mol. The van der Waals surface area contributed by atoms with Gasteiger partial charge >= 0.3 is 0 Å². The summed E-state index contributed by atoms with van der Waals surface area (Å²) in [6, 6.07) is 9.96. The van der Waals surface area contributed by atoms with Crippen LogP contribution in [0.5, 0.6) is 0 Å². The lowest BCUT2D eigenvalue weighted by molar-refractivity contribution is -0.105. The van der Waals surface area contributed by atoms with E-state index in [0.29, 0.717) is 43.8 Å². The van der Waals surface area contributed by atoms with E-state index in [-0.39, 0.29) is 11.1 Å². The summed E-state index contributed by atoms with van der Waals surface area (Å²) < 4.78 is 7.00. The highest BCUT2D eigenvalue weighted by Gasteiger charge is 2.12. The molecular formula is C16H16ClN5O3. The number of aromatic nitrogens is 4. The summed E-state index contributed by atoms with van der Waals surface area (Å²) in [4.78, 5) is 28.3. The van der Waals surface area contributed by atoms with Gasteiger partial charge in [0.05, 0.1) is 13.2 Å². The molecule has 2 aromatic heterocycles. The van der Waals surface area contributed by atoms with Crippen molar-refractivity contribution in [2.75, 3.05) is 18.5 Å². The van der Waals surface area contributed by atoms with Crippen LogP contribution < -0.4 is 10.2 Å². The Balaban J connectivity index is 1.50. The van der Waals surface area contributed by atoms with E-state index in [1.807, 2.05) is 30.3 Å². The molecule has 3 aromatic rings. The first-order valence-electron chi connectivity index (χ1n) is 7.63. The molecule has 3 rings (SSSR count). The fourth-order valence-corrected chi connectivity index (χ4v) is 2.36. The molecule has 0 radical (unpaired) electrons. The Bertz CT molecular complexity index is 840. The van der Waals surface area contributed by atoms with Gasteiger partial charge in [-0.3, -0.25) is 10.1 Å². The topological polar surface area (TPSA) is 91.2 Å². The third-order valence-corrected chi connectivity index (χ3v) is 3.55. The van der Waals surface area contributed by atoms with E-state index < -0.39 is 0 Å². The third-order valence-electron chi connectivity index (χ3n) is 3.29. The Morgan fingerprint density at radius 1 is 1.20 bits per heavy atom. The highest BCUT2D eigenvalue weighted by atomic mass is 35.5. The third kappa shape index (κ3) is 4.43. The number of nitrogens with one attached hydrogen (secondary N) is 1. The molecule has 8 nitrogen and oxygen atoms in total. The number of carbonyl (C=O) groups is 1. The summed E-state index contributed by atoms with van der Waals surface area (Å²) in [5.74, 6) is 0.0871. The molecule has 0 saturated carbocycles. The molecule has 0 aliphatic rings. The van der Waals surface area contributed by atoms with Crippen molar-refractivity contribution in [2.45, 2.75) is 13.0 Å². The van der Waals surface area contributed by atoms with Crippen molar-refractivity contribution >= 4 is 35.1 Å². The highest BCUT2D eigenvalue weighted by Crippen LogP contribution is 2.19. The summed E-state index contributed by atoms with van der Waals surface area (Å²) in [7, 11) is 0. The molecule has 0 fully saturated rings. The Morgan fingerprint density at radius 3 is 2.84 bits per heavy atom. The largest absolute Gasteiger partial charge is 0.411 e. The van der Waals surface area contributed by atoms with Gasteiger partial charge in [0.15, 0.2) is 5.15 Å². The number of rotatable bonds is 9. The number of nitrogens with zero attached hydrogens (tertiary/aromatic N) is 4. The number of fused-ring (bicyclic) bond motifs is 1. The van der Waals surface area contributed by atoms with E-state index >= 15 is 0 Å². The van der Waals surface area contributed by atoms with Crippen LogP contribution in [0, 0.1) is 0 Å². The molecule has 0 bridgehead atoms. The van der Waals surface area contributed by atoms with Gasteiger partial charge in [0.2, 0.25) is 18.0 Å². The van der Waals surface area contributed by atoms with Crippen LogP contribution in [0.15, 0.2) is 36.7 Å². The first-order valence-corrected chi connectivity index (χ1v) is 8.01. The van der Waals surface area contributed by atoms with E-state index in [9.17, 15) is 4.79 Å². The molecule has 0 aliphatic heterocycles. The standard InChI is InChI=1S/C16H16ClN5O3/c17-14-13-15(21-16(20-14)19-11-23)22(10-18-13)25-8-4-7-24-9-12-5-2-1-3-6-12/h1-3,5-6,10-11H,4,7-9H2,(H,19,20,21,23). The number of imidazole rings is 1. The first kappa shape index (κ1) is 17.1. The van der Waals surface area contributed by atoms with Gasteiger partial charge in [0.25, 0.3) is 0 Å². The minimum atomic E-state index is 0.0871. The molecule has 25 heavy (non-hydrogen) atoms. The average Bonchev–Trinajstić information content (AvgIpc) is 3.03. The molecule has 130 valence electrons. The second-order valence-corrected chi connectivity index (χ2v) is 5.43. The summed E-state index contributed by atoms with van der Waals surface area (Å²) in [5.41, 5.74) is 1.92. The quantitative estimate of drug-likeness (QED) is 0.356. The van der Waals surface area contributed by atoms with Crippen LogP contribution in [0.2, 0.25) is 5.15 Å². The minimum absolute atomic E-state index is 0.0871. The number of benzene rings is 1. The SMILES string of the molecule is O=CNc1nc(Cl)c2ncn(OCCCOCc3ccccc3)c2n1. The van der Waals surface area contributed by atoms with Crippen molar-refractivity contribution in [1.82, 2.24) is 19.7 Å². The van der Waals surface area contributed by atoms with Crippen LogP contribution in [0.4, 0.5) is 5.95 Å². The van der Waals surface area contributed by atoms with Crippen molar-refractivity contribution in [1.29, 1.82) is 0 Å². The van der Waals surface area contributed by atoms with Crippen LogP contribution in [0.1, 0.15) is 12.0 Å². The molecule has 0 saturated heterocycles. The molecular weight excluding hydrogens is 346 g/mol. The lowest BCUT2D eigenvalue weighted by Gasteiger charge is -2.08. The van der Waals surface area contributed by atoms with Gasteiger partial charge in [-0.2, -0.15) is 14.7 Å². The zero-order chi connectivity index (χ0) is 17.5.